The van der Waals surface area contributed by atoms with Gasteiger partial charge in [0.05, 0.1) is 18.0 Å². The van der Waals surface area contributed by atoms with Crippen LogP contribution in [0.2, 0.25) is 0 Å². The third-order valence-electron chi connectivity index (χ3n) is 6.32. The Kier molecular flexibility index (Phi) is 9.35. The quantitative estimate of drug-likeness (QED) is 0.106. The second-order valence-electron chi connectivity index (χ2n) is 9.21. The molecule has 0 bridgehead atoms. The van der Waals surface area contributed by atoms with Crippen molar-refractivity contribution < 1.29 is 19.1 Å². The predicted molar refractivity (Wildman–Crippen MR) is 154 cm³/mol. The van der Waals surface area contributed by atoms with Gasteiger partial charge in [0.1, 0.15) is 11.6 Å². The SMILES string of the molecule is CCCSc1ccc(-c2nn(-c3ccccc3)cc2/C=C2/C(=O)N(CCCOC(C)=O)C(=O)C(C#N)=C2C)cc1. The second kappa shape index (κ2) is 13.1. The number of nitrogens with zero attached hydrogens (tertiary/aromatic N) is 4. The third kappa shape index (κ3) is 6.41. The van der Waals surface area contributed by atoms with Gasteiger partial charge in [0, 0.05) is 41.3 Å². The van der Waals surface area contributed by atoms with E-state index in [2.05, 4.69) is 19.1 Å². The topological polar surface area (TPSA) is 105 Å². The molecule has 0 fully saturated rings. The predicted octanol–water partition coefficient (Wildman–Crippen LogP) is 5.59. The molecule has 2 amide bonds. The number of hydrogen-bond donors (Lipinski definition) is 0. The highest BCUT2D eigenvalue weighted by Crippen LogP contribution is 2.32. The molecule has 4 rings (SSSR count). The highest BCUT2D eigenvalue weighted by molar-refractivity contribution is 7.99. The number of imide groups is 1. The third-order valence-corrected chi connectivity index (χ3v) is 7.54. The number of carbonyl (C=O) groups excluding carboxylic acids is 3. The lowest BCUT2D eigenvalue weighted by atomic mass is 9.93. The van der Waals surface area contributed by atoms with Gasteiger partial charge in [-0.05, 0) is 61.4 Å². The van der Waals surface area contributed by atoms with E-state index in [9.17, 15) is 19.6 Å². The van der Waals surface area contributed by atoms with E-state index >= 15 is 0 Å². The van der Waals surface area contributed by atoms with Crippen molar-refractivity contribution in [3.05, 3.63) is 83.1 Å². The molecule has 1 aliphatic rings. The van der Waals surface area contributed by atoms with E-state index in [4.69, 9.17) is 9.84 Å². The first-order valence-corrected chi connectivity index (χ1v) is 14.0. The molecule has 40 heavy (non-hydrogen) atoms. The van der Waals surface area contributed by atoms with Gasteiger partial charge in [-0.25, -0.2) is 4.68 Å². The van der Waals surface area contributed by atoms with Crippen LogP contribution in [-0.4, -0.2) is 51.4 Å². The van der Waals surface area contributed by atoms with Gasteiger partial charge in [-0.2, -0.15) is 10.4 Å². The fraction of sp³-hybridized carbons (Fsp3) is 0.258. The van der Waals surface area contributed by atoms with E-state index in [0.717, 1.165) is 33.2 Å². The number of hydrogen-bond acceptors (Lipinski definition) is 7. The van der Waals surface area contributed by atoms with Crippen molar-refractivity contribution in [1.29, 1.82) is 5.26 Å². The Morgan fingerprint density at radius 1 is 1.10 bits per heavy atom. The molecule has 3 aromatic rings. The highest BCUT2D eigenvalue weighted by Gasteiger charge is 2.35. The van der Waals surface area contributed by atoms with Gasteiger partial charge in [0.25, 0.3) is 11.8 Å². The normalized spacial score (nSPS) is 14.6. The van der Waals surface area contributed by atoms with Crippen LogP contribution in [0.15, 0.2) is 82.4 Å². The Labute approximate surface area is 237 Å². The van der Waals surface area contributed by atoms with Gasteiger partial charge in [-0.1, -0.05) is 37.3 Å². The van der Waals surface area contributed by atoms with Crippen LogP contribution in [0.3, 0.4) is 0 Å². The molecule has 8 nitrogen and oxygen atoms in total. The molecule has 1 aromatic heterocycles. The van der Waals surface area contributed by atoms with Crippen LogP contribution in [0.25, 0.3) is 23.0 Å². The van der Waals surface area contributed by atoms with Crippen molar-refractivity contribution in [2.24, 2.45) is 0 Å². The van der Waals surface area contributed by atoms with Crippen LogP contribution in [0.4, 0.5) is 0 Å². The van der Waals surface area contributed by atoms with E-state index in [1.165, 1.54) is 6.92 Å². The highest BCUT2D eigenvalue weighted by atomic mass is 32.2. The summed E-state index contributed by atoms with van der Waals surface area (Å²) in [6, 6.07) is 19.7. The summed E-state index contributed by atoms with van der Waals surface area (Å²) in [5.74, 6) is -0.561. The molecule has 2 aromatic carbocycles. The molecule has 9 heteroatoms. The summed E-state index contributed by atoms with van der Waals surface area (Å²) < 4.78 is 6.70. The lowest BCUT2D eigenvalue weighted by molar-refractivity contribution is -0.141. The first-order chi connectivity index (χ1) is 19.3. The number of aromatic nitrogens is 2. The van der Waals surface area contributed by atoms with Crippen LogP contribution in [-0.2, 0) is 19.1 Å². The van der Waals surface area contributed by atoms with Crippen LogP contribution in [0.5, 0.6) is 0 Å². The summed E-state index contributed by atoms with van der Waals surface area (Å²) in [5, 5.41) is 14.6. The van der Waals surface area contributed by atoms with E-state index in [-0.39, 0.29) is 30.7 Å². The number of amides is 2. The van der Waals surface area contributed by atoms with Crippen molar-refractivity contribution in [1.82, 2.24) is 14.7 Å². The van der Waals surface area contributed by atoms with Crippen molar-refractivity contribution in [3.8, 4) is 23.0 Å². The molecule has 0 saturated carbocycles. The van der Waals surface area contributed by atoms with Gasteiger partial charge in [0.15, 0.2) is 0 Å². The number of benzene rings is 2. The number of ether oxygens (including phenoxy) is 1. The Hall–Kier alpha value is -4.42. The Morgan fingerprint density at radius 2 is 1.82 bits per heavy atom. The Bertz CT molecular complexity index is 1510. The van der Waals surface area contributed by atoms with Gasteiger partial charge in [0.2, 0.25) is 0 Å². The van der Waals surface area contributed by atoms with E-state index in [1.807, 2.05) is 54.7 Å². The van der Waals surface area contributed by atoms with Crippen LogP contribution >= 0.6 is 11.8 Å². The maximum absolute atomic E-state index is 13.6. The minimum Gasteiger partial charge on any atom is -0.466 e. The molecule has 0 unspecified atom stereocenters. The zero-order valence-corrected chi connectivity index (χ0v) is 23.5. The van der Waals surface area contributed by atoms with Gasteiger partial charge < -0.3 is 4.74 Å². The number of para-hydroxylation sites is 1. The van der Waals surface area contributed by atoms with Crippen LogP contribution in [0.1, 0.15) is 39.2 Å². The zero-order chi connectivity index (χ0) is 28.6. The molecular formula is C31H30N4O4S. The van der Waals surface area contributed by atoms with Crippen molar-refractivity contribution in [3.63, 3.8) is 0 Å². The van der Waals surface area contributed by atoms with E-state index in [0.29, 0.717) is 16.8 Å². The minimum atomic E-state index is -0.648. The number of thioether (sulfide) groups is 1. The summed E-state index contributed by atoms with van der Waals surface area (Å²) in [6.45, 7) is 5.14. The average molecular weight is 555 g/mol. The summed E-state index contributed by atoms with van der Waals surface area (Å²) in [6.07, 6.45) is 4.88. The largest absolute Gasteiger partial charge is 0.466 e. The monoisotopic (exact) mass is 554 g/mol. The molecular weight excluding hydrogens is 524 g/mol. The molecule has 1 aliphatic heterocycles. The number of nitriles is 1. The first-order valence-electron chi connectivity index (χ1n) is 13.0. The van der Waals surface area contributed by atoms with Gasteiger partial charge in [-0.3, -0.25) is 19.3 Å². The Morgan fingerprint density at radius 3 is 2.48 bits per heavy atom. The molecule has 0 atom stereocenters. The average Bonchev–Trinajstić information content (AvgIpc) is 3.38. The molecule has 0 N–H and O–H groups in total. The minimum absolute atomic E-state index is 0.0216. The lowest BCUT2D eigenvalue weighted by Crippen LogP contribution is -2.43. The summed E-state index contributed by atoms with van der Waals surface area (Å²) >= 11 is 1.79. The van der Waals surface area contributed by atoms with Gasteiger partial charge in [-0.15, -0.1) is 11.8 Å². The smallest absolute Gasteiger partial charge is 0.302 e. The van der Waals surface area contributed by atoms with Crippen LogP contribution in [0, 0.1) is 11.3 Å². The number of esters is 1. The van der Waals surface area contributed by atoms with Crippen molar-refractivity contribution in [2.45, 2.75) is 38.5 Å². The first kappa shape index (κ1) is 28.6. The zero-order valence-electron chi connectivity index (χ0n) is 22.7. The van der Waals surface area contributed by atoms with E-state index < -0.39 is 17.8 Å². The molecule has 0 saturated heterocycles. The summed E-state index contributed by atoms with van der Waals surface area (Å²) in [4.78, 5) is 39.8. The maximum atomic E-state index is 13.6. The number of rotatable bonds is 10. The van der Waals surface area contributed by atoms with Crippen molar-refractivity contribution in [2.75, 3.05) is 18.9 Å². The van der Waals surface area contributed by atoms with Crippen LogP contribution < -0.4 is 0 Å². The molecule has 0 radical (unpaired) electrons. The summed E-state index contributed by atoms with van der Waals surface area (Å²) in [7, 11) is 0. The fourth-order valence-electron chi connectivity index (χ4n) is 4.29. The number of carbonyl (C=O) groups is 3. The molecule has 204 valence electrons. The Balaban J connectivity index is 1.77. The maximum Gasteiger partial charge on any atom is 0.302 e. The fourth-order valence-corrected chi connectivity index (χ4v) is 5.05. The van der Waals surface area contributed by atoms with Gasteiger partial charge >= 0.3 is 5.97 Å². The summed E-state index contributed by atoms with van der Waals surface area (Å²) in [5.41, 5.74) is 3.54. The lowest BCUT2D eigenvalue weighted by Gasteiger charge is -2.27. The molecule has 0 aliphatic carbocycles. The second-order valence-corrected chi connectivity index (χ2v) is 10.4. The molecule has 2 heterocycles. The van der Waals surface area contributed by atoms with E-state index in [1.54, 1.807) is 29.4 Å². The van der Waals surface area contributed by atoms with Crippen molar-refractivity contribution >= 4 is 35.6 Å². The standard InChI is InChI=1S/C31H30N4O4S/c1-4-17-40-26-13-11-23(12-14-26)29-24(20-35(33-29)25-9-6-5-7-10-25)18-27-21(2)28(19-32)31(38)34(30(27)37)15-8-16-39-22(3)36/h5-7,9-14,18,20H,4,8,15-17H2,1-3H3/b27-18+. The molecule has 0 spiro atoms.